The summed E-state index contributed by atoms with van der Waals surface area (Å²) in [6.07, 6.45) is 5.62. The van der Waals surface area contributed by atoms with Gasteiger partial charge in [0.1, 0.15) is 12.6 Å². The third kappa shape index (κ3) is 11.3. The Morgan fingerprint density at radius 1 is 0.714 bits per heavy atom. The Bertz CT molecular complexity index is 124. The number of unbranched alkanes of at least 4 members (excludes halogenated alkanes) is 1. The molecule has 0 aliphatic carbocycles. The van der Waals surface area contributed by atoms with Crippen LogP contribution in [0, 0.1) is 0 Å². The minimum Gasteiger partial charge on any atom is -0.346 e. The van der Waals surface area contributed by atoms with Crippen LogP contribution in [0.1, 0.15) is 25.7 Å². The van der Waals surface area contributed by atoms with E-state index in [0.29, 0.717) is 12.8 Å². The van der Waals surface area contributed by atoms with Crippen molar-refractivity contribution in [3.8, 4) is 0 Å². The van der Waals surface area contributed by atoms with E-state index >= 15 is 0 Å². The Balaban J connectivity index is 2.84. The lowest BCUT2D eigenvalue weighted by molar-refractivity contribution is -0.663. The summed E-state index contributed by atoms with van der Waals surface area (Å²) >= 11 is 0. The van der Waals surface area contributed by atoms with E-state index in [4.69, 9.17) is 0 Å². The zero-order chi connectivity index (χ0) is 10.5. The van der Waals surface area contributed by atoms with Gasteiger partial charge in [-0.15, -0.1) is 0 Å². The van der Waals surface area contributed by atoms with Crippen LogP contribution in [0.5, 0.6) is 0 Å². The highest BCUT2D eigenvalue weighted by atomic mass is 16.1. The van der Waals surface area contributed by atoms with Gasteiger partial charge >= 0.3 is 0 Å². The maximum atomic E-state index is 9.99. The molecular formula is C10H22N2O2+2. The molecule has 0 aliphatic rings. The Kier molecular flexibility index (Phi) is 11.6. The van der Waals surface area contributed by atoms with Gasteiger partial charge in [-0.1, -0.05) is 0 Å². The van der Waals surface area contributed by atoms with E-state index in [1.165, 1.54) is 12.8 Å². The molecule has 4 heteroatoms. The summed E-state index contributed by atoms with van der Waals surface area (Å²) in [7, 11) is 0. The average Bonchev–Trinajstić information content (AvgIpc) is 2.21. The van der Waals surface area contributed by atoms with E-state index in [2.05, 4.69) is 10.6 Å². The largest absolute Gasteiger partial charge is 0.346 e. The SMILES string of the molecule is O=CCC[NH2+]CCCC[NH2+]CCC=O. The van der Waals surface area contributed by atoms with Crippen molar-refractivity contribution in [2.24, 2.45) is 0 Å². The summed E-state index contributed by atoms with van der Waals surface area (Å²) in [6, 6.07) is 0. The van der Waals surface area contributed by atoms with Crippen molar-refractivity contribution in [2.75, 3.05) is 26.2 Å². The van der Waals surface area contributed by atoms with Crippen molar-refractivity contribution in [2.45, 2.75) is 25.7 Å². The Morgan fingerprint density at radius 3 is 1.50 bits per heavy atom. The molecule has 0 rings (SSSR count). The summed E-state index contributed by atoms with van der Waals surface area (Å²) in [5.74, 6) is 0. The highest BCUT2D eigenvalue weighted by Gasteiger charge is 1.93. The number of hydrogen-bond donors (Lipinski definition) is 2. The number of aldehydes is 2. The second-order valence-corrected chi connectivity index (χ2v) is 3.35. The normalized spacial score (nSPS) is 10.0. The Hall–Kier alpha value is -0.740. The van der Waals surface area contributed by atoms with Gasteiger partial charge in [-0.3, -0.25) is 0 Å². The summed E-state index contributed by atoms with van der Waals surface area (Å²) < 4.78 is 0. The molecule has 0 aromatic carbocycles. The van der Waals surface area contributed by atoms with Crippen LogP contribution in [0.4, 0.5) is 0 Å². The van der Waals surface area contributed by atoms with Gasteiger partial charge in [-0.05, 0) is 0 Å². The molecule has 0 aromatic rings. The van der Waals surface area contributed by atoms with Gasteiger partial charge in [0, 0.05) is 12.8 Å². The van der Waals surface area contributed by atoms with Crippen LogP contribution in [0.3, 0.4) is 0 Å². The molecule has 4 nitrogen and oxygen atoms in total. The minimum absolute atomic E-state index is 0.658. The topological polar surface area (TPSA) is 67.4 Å². The first-order valence-electron chi connectivity index (χ1n) is 5.42. The molecule has 0 heterocycles. The van der Waals surface area contributed by atoms with Crippen LogP contribution in [0.2, 0.25) is 0 Å². The maximum absolute atomic E-state index is 9.99. The third-order valence-corrected chi connectivity index (χ3v) is 2.04. The average molecular weight is 202 g/mol. The fourth-order valence-electron chi connectivity index (χ4n) is 1.24. The molecular weight excluding hydrogens is 180 g/mol. The molecule has 0 saturated heterocycles. The smallest absolute Gasteiger partial charge is 0.125 e. The van der Waals surface area contributed by atoms with Crippen molar-refractivity contribution in [1.82, 2.24) is 0 Å². The molecule has 0 atom stereocenters. The van der Waals surface area contributed by atoms with Crippen molar-refractivity contribution < 1.29 is 20.2 Å². The van der Waals surface area contributed by atoms with Gasteiger partial charge in [0.25, 0.3) is 0 Å². The van der Waals surface area contributed by atoms with Crippen LogP contribution >= 0.6 is 0 Å². The first kappa shape index (κ1) is 13.3. The number of quaternary nitrogens is 2. The van der Waals surface area contributed by atoms with E-state index in [9.17, 15) is 9.59 Å². The molecule has 0 fully saturated rings. The summed E-state index contributed by atoms with van der Waals surface area (Å²) in [6.45, 7) is 4.04. The third-order valence-electron chi connectivity index (χ3n) is 2.04. The first-order valence-corrected chi connectivity index (χ1v) is 5.42. The molecule has 0 aromatic heterocycles. The van der Waals surface area contributed by atoms with Gasteiger partial charge < -0.3 is 20.2 Å². The van der Waals surface area contributed by atoms with Gasteiger partial charge in [-0.25, -0.2) is 0 Å². The van der Waals surface area contributed by atoms with Crippen LogP contribution in [0.25, 0.3) is 0 Å². The lowest BCUT2D eigenvalue weighted by atomic mass is 10.3. The highest BCUT2D eigenvalue weighted by Crippen LogP contribution is 1.77. The first-order chi connectivity index (χ1) is 6.91. The fraction of sp³-hybridized carbons (Fsp3) is 0.800. The number of carbonyl (C=O) groups excluding carboxylic acids is 2. The van der Waals surface area contributed by atoms with E-state index in [1.54, 1.807) is 0 Å². The number of rotatable bonds is 11. The lowest BCUT2D eigenvalue weighted by Gasteiger charge is -1.99. The molecule has 0 spiro atoms. The van der Waals surface area contributed by atoms with Gasteiger partial charge in [-0.2, -0.15) is 0 Å². The molecule has 82 valence electrons. The van der Waals surface area contributed by atoms with Crippen molar-refractivity contribution in [1.29, 1.82) is 0 Å². The van der Waals surface area contributed by atoms with E-state index in [0.717, 1.165) is 38.8 Å². The molecule has 0 amide bonds. The number of hydrogen-bond acceptors (Lipinski definition) is 2. The van der Waals surface area contributed by atoms with Gasteiger partial charge in [0.05, 0.1) is 39.0 Å². The van der Waals surface area contributed by atoms with Crippen LogP contribution in [-0.4, -0.2) is 38.8 Å². The minimum atomic E-state index is 0.658. The molecule has 14 heavy (non-hydrogen) atoms. The summed E-state index contributed by atoms with van der Waals surface area (Å²) in [4.78, 5) is 20.0. The fourth-order valence-corrected chi connectivity index (χ4v) is 1.24. The predicted octanol–water partition coefficient (Wildman–Crippen LogP) is -1.93. The second-order valence-electron chi connectivity index (χ2n) is 3.35. The molecule has 0 bridgehead atoms. The zero-order valence-corrected chi connectivity index (χ0v) is 8.78. The van der Waals surface area contributed by atoms with Crippen molar-refractivity contribution in [3.63, 3.8) is 0 Å². The molecule has 0 unspecified atom stereocenters. The highest BCUT2D eigenvalue weighted by molar-refractivity contribution is 5.49. The quantitative estimate of drug-likeness (QED) is 0.303. The van der Waals surface area contributed by atoms with Crippen LogP contribution in [0.15, 0.2) is 0 Å². The van der Waals surface area contributed by atoms with Crippen LogP contribution in [-0.2, 0) is 9.59 Å². The van der Waals surface area contributed by atoms with Crippen molar-refractivity contribution >= 4 is 12.6 Å². The van der Waals surface area contributed by atoms with Crippen molar-refractivity contribution in [3.05, 3.63) is 0 Å². The standard InChI is InChI=1S/C10H20N2O2/c13-9-3-7-11-5-1-2-6-12-8-4-10-14/h9-12H,1-8H2/p+2. The molecule has 0 saturated carbocycles. The van der Waals surface area contributed by atoms with E-state index in [1.807, 2.05) is 0 Å². The molecule has 4 N–H and O–H groups in total. The predicted molar refractivity (Wildman–Crippen MR) is 53.9 cm³/mol. The lowest BCUT2D eigenvalue weighted by Crippen LogP contribution is -2.86. The number of nitrogens with two attached hydrogens (primary N) is 2. The molecule has 0 aliphatic heterocycles. The maximum Gasteiger partial charge on any atom is 0.125 e. The van der Waals surface area contributed by atoms with E-state index < -0.39 is 0 Å². The van der Waals surface area contributed by atoms with Crippen LogP contribution < -0.4 is 10.6 Å². The Labute approximate surface area is 85.4 Å². The van der Waals surface area contributed by atoms with Gasteiger partial charge in [0.15, 0.2) is 0 Å². The zero-order valence-electron chi connectivity index (χ0n) is 8.78. The van der Waals surface area contributed by atoms with E-state index in [-0.39, 0.29) is 0 Å². The summed E-state index contributed by atoms with van der Waals surface area (Å²) in [5.41, 5.74) is 0. The molecule has 0 radical (unpaired) electrons. The van der Waals surface area contributed by atoms with Gasteiger partial charge in [0.2, 0.25) is 0 Å². The second kappa shape index (κ2) is 12.3. The monoisotopic (exact) mass is 202 g/mol. The number of carbonyl (C=O) groups is 2. The Morgan fingerprint density at radius 2 is 1.14 bits per heavy atom. The summed E-state index contributed by atoms with van der Waals surface area (Å²) in [5, 5.41) is 4.36.